The van der Waals surface area contributed by atoms with Gasteiger partial charge in [0.15, 0.2) is 0 Å². The average Bonchev–Trinajstić information content (AvgIpc) is 2.59. The summed E-state index contributed by atoms with van der Waals surface area (Å²) >= 11 is 0. The van der Waals surface area contributed by atoms with Gasteiger partial charge in [-0.3, -0.25) is 0 Å². The van der Waals surface area contributed by atoms with Gasteiger partial charge in [0.25, 0.3) is 0 Å². The van der Waals surface area contributed by atoms with E-state index in [9.17, 15) is 0 Å². The molecule has 0 atom stereocenters. The Labute approximate surface area is 115 Å². The standard InChI is InChI=1S/C13H15N.U/c1-4-11-5-6-12-7-8-14(10(2)3)13(12)9-11;/h5-10H,2-4H2,1H3;/q-2;+2. The molecule has 2 heteroatoms. The minimum atomic E-state index is 0. The van der Waals surface area contributed by atoms with Gasteiger partial charge >= 0.3 is 31.1 Å². The van der Waals surface area contributed by atoms with E-state index in [4.69, 9.17) is 0 Å². The van der Waals surface area contributed by atoms with Gasteiger partial charge in [0, 0.05) is 5.52 Å². The van der Waals surface area contributed by atoms with Crippen molar-refractivity contribution < 1.29 is 31.1 Å². The molecule has 0 aliphatic carbocycles. The van der Waals surface area contributed by atoms with Gasteiger partial charge < -0.3 is 18.4 Å². The quantitative estimate of drug-likeness (QED) is 0.653. The van der Waals surface area contributed by atoms with Gasteiger partial charge in [-0.1, -0.05) is 19.1 Å². The molecule has 0 aliphatic heterocycles. The average molecular weight is 423 g/mol. The molecule has 0 saturated carbocycles. The minimum absolute atomic E-state index is 0. The maximum atomic E-state index is 3.94. The first kappa shape index (κ1) is 12.9. The molecule has 0 unspecified atom stereocenters. The molecule has 2 aromatic rings. The summed E-state index contributed by atoms with van der Waals surface area (Å²) in [7, 11) is 0. The second-order valence-electron chi connectivity index (χ2n) is 3.62. The number of hydrogen-bond donors (Lipinski definition) is 0. The van der Waals surface area contributed by atoms with Crippen LogP contribution in [0.2, 0.25) is 0 Å². The predicted molar refractivity (Wildman–Crippen MR) is 61.1 cm³/mol. The SMILES string of the molecule is [CH2-]C([CH2-])n1ccc2ccc(CC)cc21.[U+2]. The summed E-state index contributed by atoms with van der Waals surface area (Å²) in [4.78, 5) is 0. The number of benzene rings is 1. The fourth-order valence-electron chi connectivity index (χ4n) is 1.73. The van der Waals surface area contributed by atoms with E-state index in [2.05, 4.69) is 55.8 Å². The van der Waals surface area contributed by atoms with Crippen molar-refractivity contribution in [2.24, 2.45) is 0 Å². The fraction of sp³-hybridized carbons (Fsp3) is 0.231. The monoisotopic (exact) mass is 423 g/mol. The number of nitrogens with zero attached hydrogens (tertiary/aromatic N) is 1. The van der Waals surface area contributed by atoms with E-state index in [1.807, 2.05) is 0 Å². The van der Waals surface area contributed by atoms with E-state index in [0.29, 0.717) is 0 Å². The molecular weight excluding hydrogens is 408 g/mol. The zero-order valence-corrected chi connectivity index (χ0v) is 13.2. The van der Waals surface area contributed by atoms with Crippen molar-refractivity contribution in [3.8, 4) is 0 Å². The number of fused-ring (bicyclic) bond motifs is 1. The van der Waals surface area contributed by atoms with Crippen molar-refractivity contribution in [1.82, 2.24) is 4.57 Å². The van der Waals surface area contributed by atoms with Crippen LogP contribution in [0.1, 0.15) is 18.5 Å². The zero-order chi connectivity index (χ0) is 10.1. The normalized spacial score (nSPS) is 10.7. The number of hydrogen-bond acceptors (Lipinski definition) is 0. The molecule has 2 rings (SSSR count). The molecule has 0 N–H and O–H groups in total. The molecule has 1 aromatic heterocycles. The number of rotatable bonds is 2. The Morgan fingerprint density at radius 2 is 2.00 bits per heavy atom. The molecule has 0 bridgehead atoms. The Morgan fingerprint density at radius 1 is 1.27 bits per heavy atom. The summed E-state index contributed by atoms with van der Waals surface area (Å²) in [5.74, 6) is 0. The second kappa shape index (κ2) is 5.23. The smallest absolute Gasteiger partial charge is 0.404 e. The molecule has 0 saturated heterocycles. The van der Waals surface area contributed by atoms with Crippen LogP contribution < -0.4 is 0 Å². The summed E-state index contributed by atoms with van der Waals surface area (Å²) in [5, 5.41) is 1.26. The topological polar surface area (TPSA) is 4.93 Å². The van der Waals surface area contributed by atoms with Gasteiger partial charge in [0.2, 0.25) is 0 Å². The third-order valence-corrected chi connectivity index (χ3v) is 2.59. The van der Waals surface area contributed by atoms with Crippen molar-refractivity contribution in [1.29, 1.82) is 0 Å². The van der Waals surface area contributed by atoms with Crippen LogP contribution in [0.15, 0.2) is 30.5 Å². The molecule has 0 radical (unpaired) electrons. The third-order valence-electron chi connectivity index (χ3n) is 2.59. The Bertz CT molecular complexity index is 443. The van der Waals surface area contributed by atoms with Gasteiger partial charge in [-0.15, -0.1) is 0 Å². The minimum Gasteiger partial charge on any atom is -0.404 e. The van der Waals surface area contributed by atoms with Crippen LogP contribution in [0.3, 0.4) is 0 Å². The molecule has 1 aromatic carbocycles. The number of aromatic nitrogens is 1. The van der Waals surface area contributed by atoms with Crippen LogP contribution in [0.5, 0.6) is 0 Å². The molecule has 0 aliphatic rings. The molecule has 0 spiro atoms. The van der Waals surface area contributed by atoms with E-state index in [-0.39, 0.29) is 37.2 Å². The van der Waals surface area contributed by atoms with E-state index < -0.39 is 0 Å². The number of aryl methyl sites for hydroxylation is 1. The Balaban J connectivity index is 0.00000112. The second-order valence-corrected chi connectivity index (χ2v) is 3.62. The summed E-state index contributed by atoms with van der Waals surface area (Å²) in [6.07, 6.45) is 3.12. The van der Waals surface area contributed by atoms with Crippen molar-refractivity contribution in [3.05, 3.63) is 49.9 Å². The van der Waals surface area contributed by atoms with E-state index in [1.165, 1.54) is 16.5 Å². The fourth-order valence-corrected chi connectivity index (χ4v) is 1.73. The van der Waals surface area contributed by atoms with Crippen LogP contribution in [0.25, 0.3) is 10.9 Å². The van der Waals surface area contributed by atoms with E-state index >= 15 is 0 Å². The molecule has 1 nitrogen and oxygen atoms in total. The van der Waals surface area contributed by atoms with Crippen LogP contribution in [-0.4, -0.2) is 4.57 Å². The van der Waals surface area contributed by atoms with Crippen molar-refractivity contribution in [2.45, 2.75) is 19.4 Å². The van der Waals surface area contributed by atoms with Gasteiger partial charge in [-0.05, 0) is 35.7 Å². The maximum Gasteiger partial charge on any atom is 2.00 e. The third kappa shape index (κ3) is 2.49. The molecule has 0 fully saturated rings. The van der Waals surface area contributed by atoms with Gasteiger partial charge in [0.05, 0.1) is 0 Å². The van der Waals surface area contributed by atoms with Crippen LogP contribution in [-0.2, 0) is 6.42 Å². The summed E-state index contributed by atoms with van der Waals surface area (Å²) in [5.41, 5.74) is 2.59. The summed E-state index contributed by atoms with van der Waals surface area (Å²) < 4.78 is 2.11. The first-order valence-corrected chi connectivity index (χ1v) is 4.98. The van der Waals surface area contributed by atoms with Gasteiger partial charge in [-0.2, -0.15) is 0 Å². The van der Waals surface area contributed by atoms with Gasteiger partial charge in [0.1, 0.15) is 0 Å². The van der Waals surface area contributed by atoms with Crippen LogP contribution in [0, 0.1) is 45.0 Å². The van der Waals surface area contributed by atoms with Crippen molar-refractivity contribution in [2.75, 3.05) is 0 Å². The zero-order valence-electron chi connectivity index (χ0n) is 9.03. The van der Waals surface area contributed by atoms with Crippen molar-refractivity contribution in [3.63, 3.8) is 0 Å². The van der Waals surface area contributed by atoms with Gasteiger partial charge in [-0.25, -0.2) is 6.04 Å². The van der Waals surface area contributed by atoms with E-state index in [1.54, 1.807) is 0 Å². The van der Waals surface area contributed by atoms with Crippen molar-refractivity contribution >= 4 is 10.9 Å². The summed E-state index contributed by atoms with van der Waals surface area (Å²) in [6.45, 7) is 10.0. The summed E-state index contributed by atoms with van der Waals surface area (Å²) in [6, 6.07) is 8.71. The molecule has 15 heavy (non-hydrogen) atoms. The Kier molecular flexibility index (Phi) is 4.49. The predicted octanol–water partition coefficient (Wildman–Crippen LogP) is 3.41. The first-order valence-electron chi connectivity index (χ1n) is 4.98. The first-order chi connectivity index (χ1) is 6.72. The molecule has 1 heterocycles. The molecular formula is C13H15NU. The van der Waals surface area contributed by atoms with E-state index in [0.717, 1.165) is 6.42 Å². The molecule has 76 valence electrons. The Hall–Kier alpha value is -0.188. The maximum absolute atomic E-state index is 3.94. The van der Waals surface area contributed by atoms with Crippen LogP contribution in [0.4, 0.5) is 0 Å². The molecule has 0 amide bonds. The largest absolute Gasteiger partial charge is 2.00 e. The Morgan fingerprint density at radius 3 is 2.60 bits per heavy atom. The van der Waals surface area contributed by atoms with Crippen LogP contribution >= 0.6 is 0 Å².